The van der Waals surface area contributed by atoms with E-state index < -0.39 is 0 Å². The first-order chi connectivity index (χ1) is 8.66. The van der Waals surface area contributed by atoms with Crippen LogP contribution >= 0.6 is 0 Å². The van der Waals surface area contributed by atoms with Gasteiger partial charge in [-0.05, 0) is 17.3 Å². The lowest BCUT2D eigenvalue weighted by atomic mass is 10.3. The molecule has 18 heavy (non-hydrogen) atoms. The molecule has 0 saturated heterocycles. The average molecular weight is 246 g/mol. The lowest BCUT2D eigenvalue weighted by Crippen LogP contribution is -2.25. The molecule has 1 aromatic heterocycles. The van der Waals surface area contributed by atoms with Gasteiger partial charge >= 0.3 is 0 Å². The molecule has 0 aliphatic carbocycles. The Hall–Kier alpha value is -2.33. The fourth-order valence-corrected chi connectivity index (χ4v) is 1.34. The van der Waals surface area contributed by atoms with E-state index in [1.807, 2.05) is 54.9 Å². The van der Waals surface area contributed by atoms with E-state index in [0.29, 0.717) is 6.73 Å². The molecule has 2 aromatic rings. The molecule has 0 amide bonds. The highest BCUT2D eigenvalue weighted by Crippen LogP contribution is 2.07. The Balaban J connectivity index is 2.04. The third kappa shape index (κ3) is 2.87. The molecular weight excluding hydrogens is 230 g/mol. The summed E-state index contributed by atoms with van der Waals surface area (Å²) in [6.07, 6.45) is 1.80. The molecule has 0 fully saturated rings. The van der Waals surface area contributed by atoms with Gasteiger partial charge in [-0.25, -0.2) is 0 Å². The average Bonchev–Trinajstić information content (AvgIpc) is 2.77. The van der Waals surface area contributed by atoms with E-state index in [9.17, 15) is 0 Å². The van der Waals surface area contributed by atoms with Gasteiger partial charge in [-0.1, -0.05) is 17.0 Å². The van der Waals surface area contributed by atoms with Crippen LogP contribution in [0.25, 0.3) is 11.0 Å². The van der Waals surface area contributed by atoms with Crippen molar-refractivity contribution in [3.8, 4) is 0 Å². The summed E-state index contributed by atoms with van der Waals surface area (Å²) < 4.78 is 1.83. The maximum Gasteiger partial charge on any atom is 0.189 e. The molecule has 6 heteroatoms. The van der Waals surface area contributed by atoms with E-state index in [1.54, 1.807) is 6.20 Å². The van der Waals surface area contributed by atoms with Crippen molar-refractivity contribution in [1.29, 1.82) is 0 Å². The molecule has 0 saturated carbocycles. The van der Waals surface area contributed by atoms with Gasteiger partial charge in [0, 0.05) is 7.05 Å². The van der Waals surface area contributed by atoms with E-state index in [4.69, 9.17) is 4.84 Å². The quantitative estimate of drug-likeness (QED) is 0.439. The predicted octanol–water partition coefficient (Wildman–Crippen LogP) is 0.205. The number of benzene rings is 1. The Morgan fingerprint density at radius 1 is 1.44 bits per heavy atom. The van der Waals surface area contributed by atoms with Crippen molar-refractivity contribution in [2.24, 2.45) is 0 Å². The lowest BCUT2D eigenvalue weighted by molar-refractivity contribution is -0.456. The molecule has 0 unspecified atom stereocenters. The van der Waals surface area contributed by atoms with Gasteiger partial charge < -0.3 is 9.74 Å². The first-order valence-electron chi connectivity index (χ1n) is 5.57. The van der Waals surface area contributed by atoms with Crippen LogP contribution in [0.15, 0.2) is 30.5 Å². The van der Waals surface area contributed by atoms with E-state index in [-0.39, 0.29) is 0 Å². The standard InChI is InChI=1S/C12H16N5O/c1-15(2)8-9-16(3)10-18-17-12-7-5-4-6-11(12)13-14-17/h4-7,9H,10H2,1-3H3/q+1. The van der Waals surface area contributed by atoms with Gasteiger partial charge in [-0.3, -0.25) is 0 Å². The van der Waals surface area contributed by atoms with Crippen molar-refractivity contribution in [3.05, 3.63) is 30.5 Å². The van der Waals surface area contributed by atoms with Gasteiger partial charge in [0.15, 0.2) is 12.6 Å². The molecule has 0 aliphatic heterocycles. The summed E-state index contributed by atoms with van der Waals surface area (Å²) in [5, 5.41) is 7.94. The van der Waals surface area contributed by atoms with Crippen molar-refractivity contribution < 1.29 is 9.41 Å². The maximum absolute atomic E-state index is 5.53. The van der Waals surface area contributed by atoms with Crippen LogP contribution in [-0.2, 0) is 0 Å². The van der Waals surface area contributed by atoms with Crippen molar-refractivity contribution in [1.82, 2.24) is 20.1 Å². The monoisotopic (exact) mass is 246 g/mol. The van der Waals surface area contributed by atoms with Crippen LogP contribution in [0.2, 0.25) is 0 Å². The zero-order chi connectivity index (χ0) is 13.0. The topological polar surface area (TPSA) is 46.2 Å². The number of para-hydroxylation sites is 1. The zero-order valence-electron chi connectivity index (χ0n) is 10.7. The second kappa shape index (κ2) is 5.33. The Kier molecular flexibility index (Phi) is 3.60. The minimum atomic E-state index is 0.369. The molecule has 2 rings (SSSR count). The number of hydrogen-bond acceptors (Lipinski definition) is 4. The Morgan fingerprint density at radius 2 is 2.22 bits per heavy atom. The molecule has 0 spiro atoms. The van der Waals surface area contributed by atoms with Gasteiger partial charge in [0.1, 0.15) is 31.3 Å². The van der Waals surface area contributed by atoms with Crippen LogP contribution in [0.1, 0.15) is 0 Å². The third-order valence-corrected chi connectivity index (χ3v) is 2.24. The Morgan fingerprint density at radius 3 is 3.00 bits per heavy atom. The number of aromatic nitrogens is 3. The summed E-state index contributed by atoms with van der Waals surface area (Å²) in [4.78, 5) is 8.82. The molecule has 1 heterocycles. The SMILES string of the molecule is CN(C=C=[N+](C)C)COn1nnc2ccccc21. The first-order valence-corrected chi connectivity index (χ1v) is 5.57. The summed E-state index contributed by atoms with van der Waals surface area (Å²) in [6.45, 7) is 0.369. The summed E-state index contributed by atoms with van der Waals surface area (Å²) in [5.41, 5.74) is 1.67. The minimum absolute atomic E-state index is 0.369. The van der Waals surface area contributed by atoms with Crippen LogP contribution in [-0.4, -0.2) is 58.4 Å². The third-order valence-electron chi connectivity index (χ3n) is 2.24. The van der Waals surface area contributed by atoms with Crippen LogP contribution in [0.4, 0.5) is 0 Å². The zero-order valence-corrected chi connectivity index (χ0v) is 10.7. The van der Waals surface area contributed by atoms with E-state index in [2.05, 4.69) is 16.2 Å². The second-order valence-electron chi connectivity index (χ2n) is 4.12. The highest BCUT2D eigenvalue weighted by molar-refractivity contribution is 5.73. The summed E-state index contributed by atoms with van der Waals surface area (Å²) in [5.74, 6) is 3.02. The van der Waals surface area contributed by atoms with E-state index in [0.717, 1.165) is 11.0 Å². The Labute approximate surface area is 105 Å². The van der Waals surface area contributed by atoms with Gasteiger partial charge in [0.05, 0.1) is 0 Å². The fraction of sp³-hybridized carbons (Fsp3) is 0.333. The molecular formula is C12H16N5O+. The second-order valence-corrected chi connectivity index (χ2v) is 4.12. The predicted molar refractivity (Wildman–Crippen MR) is 68.4 cm³/mol. The number of fused-ring (bicyclic) bond motifs is 1. The van der Waals surface area contributed by atoms with Crippen molar-refractivity contribution >= 4 is 16.9 Å². The molecule has 1 aromatic carbocycles. The summed E-state index contributed by atoms with van der Waals surface area (Å²) >= 11 is 0. The van der Waals surface area contributed by atoms with Crippen LogP contribution in [0.3, 0.4) is 0 Å². The number of rotatable bonds is 4. The van der Waals surface area contributed by atoms with Crippen LogP contribution < -0.4 is 4.84 Å². The van der Waals surface area contributed by atoms with Gasteiger partial charge in [0.25, 0.3) is 0 Å². The Bertz CT molecular complexity index is 593. The largest absolute Gasteiger partial charge is 0.373 e. The van der Waals surface area contributed by atoms with Gasteiger partial charge in [0.2, 0.25) is 0 Å². The smallest absolute Gasteiger partial charge is 0.189 e. The molecule has 6 nitrogen and oxygen atoms in total. The molecule has 0 bridgehead atoms. The minimum Gasteiger partial charge on any atom is -0.373 e. The maximum atomic E-state index is 5.53. The van der Waals surface area contributed by atoms with Crippen LogP contribution in [0.5, 0.6) is 0 Å². The molecule has 94 valence electrons. The van der Waals surface area contributed by atoms with Crippen molar-refractivity contribution in [2.45, 2.75) is 0 Å². The highest BCUT2D eigenvalue weighted by atomic mass is 16.7. The lowest BCUT2D eigenvalue weighted by Gasteiger charge is -2.12. The van der Waals surface area contributed by atoms with E-state index in [1.165, 1.54) is 4.85 Å². The first kappa shape index (κ1) is 12.1. The molecule has 0 atom stereocenters. The summed E-state index contributed by atoms with van der Waals surface area (Å²) in [7, 11) is 5.72. The van der Waals surface area contributed by atoms with Crippen molar-refractivity contribution in [3.63, 3.8) is 0 Å². The van der Waals surface area contributed by atoms with Crippen molar-refractivity contribution in [2.75, 3.05) is 27.9 Å². The molecule has 0 N–H and O–H groups in total. The number of nitrogens with zero attached hydrogens (tertiary/aromatic N) is 5. The van der Waals surface area contributed by atoms with Gasteiger partial charge in [-0.2, -0.15) is 4.58 Å². The van der Waals surface area contributed by atoms with Crippen LogP contribution in [0, 0.1) is 0 Å². The van der Waals surface area contributed by atoms with E-state index >= 15 is 0 Å². The fourth-order valence-electron chi connectivity index (χ4n) is 1.34. The summed E-state index contributed by atoms with van der Waals surface area (Å²) in [6, 6.07) is 7.65. The molecule has 0 aliphatic rings. The molecule has 0 radical (unpaired) electrons. The number of hydrogen-bond donors (Lipinski definition) is 0. The highest BCUT2D eigenvalue weighted by Gasteiger charge is 2.04. The van der Waals surface area contributed by atoms with Gasteiger partial charge in [-0.15, -0.1) is 5.10 Å². The normalized spacial score (nSPS) is 9.94.